The van der Waals surface area contributed by atoms with E-state index in [0.717, 1.165) is 27.7 Å². The maximum Gasteiger partial charge on any atom is 0.119 e. The molecule has 0 radical (unpaired) electrons. The predicted octanol–water partition coefficient (Wildman–Crippen LogP) is 2.47. The highest BCUT2D eigenvalue weighted by Crippen LogP contribution is 2.22. The van der Waals surface area contributed by atoms with Gasteiger partial charge >= 0.3 is 0 Å². The van der Waals surface area contributed by atoms with E-state index < -0.39 is 0 Å². The molecule has 0 amide bonds. The Kier molecular flexibility index (Phi) is 2.22. The second kappa shape index (κ2) is 3.38. The molecule has 1 aromatic heterocycles. The van der Waals surface area contributed by atoms with E-state index in [2.05, 4.69) is 26.1 Å². The van der Waals surface area contributed by atoms with Gasteiger partial charge in [0.15, 0.2) is 0 Å². The number of benzene rings is 1. The van der Waals surface area contributed by atoms with Crippen LogP contribution in [0.25, 0.3) is 10.9 Å². The third-order valence-electron chi connectivity index (χ3n) is 1.97. The van der Waals surface area contributed by atoms with Crippen LogP contribution < -0.4 is 4.74 Å². The molecule has 0 spiro atoms. The molecule has 0 saturated carbocycles. The van der Waals surface area contributed by atoms with Crippen LogP contribution in [-0.4, -0.2) is 17.3 Å². The Morgan fingerprint density at radius 2 is 2.38 bits per heavy atom. The van der Waals surface area contributed by atoms with E-state index in [1.165, 1.54) is 0 Å². The third-order valence-corrected chi connectivity index (χ3v) is 2.53. The fourth-order valence-corrected chi connectivity index (χ4v) is 1.70. The number of alkyl halides is 1. The largest absolute Gasteiger partial charge is 0.497 e. The first kappa shape index (κ1) is 8.56. The number of aromatic nitrogens is 2. The molecule has 0 bridgehead atoms. The predicted molar refractivity (Wildman–Crippen MR) is 55.3 cm³/mol. The molecule has 0 unspecified atom stereocenters. The van der Waals surface area contributed by atoms with Gasteiger partial charge in [0.2, 0.25) is 0 Å². The van der Waals surface area contributed by atoms with Gasteiger partial charge in [0.05, 0.1) is 18.3 Å². The zero-order chi connectivity index (χ0) is 9.26. The first-order valence-electron chi connectivity index (χ1n) is 3.92. The summed E-state index contributed by atoms with van der Waals surface area (Å²) in [7, 11) is 1.66. The van der Waals surface area contributed by atoms with E-state index in [1.807, 2.05) is 18.2 Å². The van der Waals surface area contributed by atoms with Crippen molar-refractivity contribution in [3.63, 3.8) is 0 Å². The summed E-state index contributed by atoms with van der Waals surface area (Å²) in [6, 6.07) is 5.83. The number of fused-ring (bicyclic) bond motifs is 1. The monoisotopic (exact) mass is 240 g/mol. The topological polar surface area (TPSA) is 37.9 Å². The number of ether oxygens (including phenoxy) is 1. The molecule has 1 heterocycles. The van der Waals surface area contributed by atoms with Gasteiger partial charge in [-0.15, -0.1) is 0 Å². The summed E-state index contributed by atoms with van der Waals surface area (Å²) in [5.41, 5.74) is 2.05. The average molecular weight is 241 g/mol. The molecule has 13 heavy (non-hydrogen) atoms. The molecular weight excluding hydrogens is 232 g/mol. The lowest BCUT2D eigenvalue weighted by molar-refractivity contribution is 0.415. The fraction of sp³-hybridized carbons (Fsp3) is 0.222. The maximum atomic E-state index is 5.13. The number of hydrogen-bond donors (Lipinski definition) is 1. The fourth-order valence-electron chi connectivity index (χ4n) is 1.27. The van der Waals surface area contributed by atoms with E-state index in [4.69, 9.17) is 4.74 Å². The Morgan fingerprint density at radius 3 is 3.08 bits per heavy atom. The molecule has 1 N–H and O–H groups in total. The summed E-state index contributed by atoms with van der Waals surface area (Å²) in [6.07, 6.45) is 0. The second-order valence-corrected chi connectivity index (χ2v) is 3.28. The number of halogens is 1. The first-order chi connectivity index (χ1) is 6.35. The van der Waals surface area contributed by atoms with Gasteiger partial charge in [0, 0.05) is 10.7 Å². The van der Waals surface area contributed by atoms with Crippen LogP contribution in [0.4, 0.5) is 0 Å². The van der Waals surface area contributed by atoms with Crippen LogP contribution >= 0.6 is 15.9 Å². The zero-order valence-corrected chi connectivity index (χ0v) is 8.76. The summed E-state index contributed by atoms with van der Waals surface area (Å²) in [4.78, 5) is 0. The number of hydrogen-bond acceptors (Lipinski definition) is 2. The van der Waals surface area contributed by atoms with Crippen molar-refractivity contribution >= 4 is 26.8 Å². The molecule has 68 valence electrons. The molecule has 2 rings (SSSR count). The molecule has 2 aromatic rings. The maximum absolute atomic E-state index is 5.13. The van der Waals surface area contributed by atoms with Gasteiger partial charge in [0.1, 0.15) is 5.75 Å². The van der Waals surface area contributed by atoms with Crippen molar-refractivity contribution in [1.29, 1.82) is 0 Å². The Labute approximate surface area is 84.2 Å². The van der Waals surface area contributed by atoms with Gasteiger partial charge in [-0.3, -0.25) is 5.10 Å². The highest BCUT2D eigenvalue weighted by molar-refractivity contribution is 9.08. The van der Waals surface area contributed by atoms with Crippen molar-refractivity contribution in [2.75, 3.05) is 7.11 Å². The van der Waals surface area contributed by atoms with E-state index in [-0.39, 0.29) is 0 Å². The molecule has 3 nitrogen and oxygen atoms in total. The molecular formula is C9H9BrN2O. The molecule has 0 aliphatic carbocycles. The minimum absolute atomic E-state index is 0.774. The van der Waals surface area contributed by atoms with Crippen molar-refractivity contribution in [1.82, 2.24) is 10.2 Å². The summed E-state index contributed by atoms with van der Waals surface area (Å²) in [5, 5.41) is 9.00. The van der Waals surface area contributed by atoms with E-state index >= 15 is 0 Å². The van der Waals surface area contributed by atoms with Crippen LogP contribution in [0, 0.1) is 0 Å². The molecule has 0 aliphatic heterocycles. The summed E-state index contributed by atoms with van der Waals surface area (Å²) >= 11 is 3.39. The Balaban J connectivity index is 2.64. The number of nitrogens with zero attached hydrogens (tertiary/aromatic N) is 1. The highest BCUT2D eigenvalue weighted by Gasteiger charge is 2.04. The molecule has 0 saturated heterocycles. The molecule has 0 fully saturated rings. The van der Waals surface area contributed by atoms with Gasteiger partial charge in [-0.25, -0.2) is 0 Å². The molecule has 0 aliphatic rings. The van der Waals surface area contributed by atoms with Crippen LogP contribution in [0.3, 0.4) is 0 Å². The van der Waals surface area contributed by atoms with Crippen LogP contribution in [0.5, 0.6) is 5.75 Å². The average Bonchev–Trinajstić information content (AvgIpc) is 2.59. The zero-order valence-electron chi connectivity index (χ0n) is 7.17. The van der Waals surface area contributed by atoms with Crippen molar-refractivity contribution < 1.29 is 4.74 Å². The first-order valence-corrected chi connectivity index (χ1v) is 5.04. The Hall–Kier alpha value is -1.03. The van der Waals surface area contributed by atoms with Gasteiger partial charge in [-0.1, -0.05) is 15.9 Å². The Morgan fingerprint density at radius 1 is 1.54 bits per heavy atom. The van der Waals surface area contributed by atoms with Crippen molar-refractivity contribution in [3.05, 3.63) is 23.9 Å². The van der Waals surface area contributed by atoms with Crippen LogP contribution in [0.15, 0.2) is 18.2 Å². The van der Waals surface area contributed by atoms with Gasteiger partial charge < -0.3 is 4.74 Å². The lowest BCUT2D eigenvalue weighted by atomic mass is 10.2. The van der Waals surface area contributed by atoms with E-state index in [1.54, 1.807) is 7.11 Å². The second-order valence-electron chi connectivity index (χ2n) is 2.72. The molecule has 0 atom stereocenters. The smallest absolute Gasteiger partial charge is 0.119 e. The lowest BCUT2D eigenvalue weighted by Crippen LogP contribution is -1.82. The van der Waals surface area contributed by atoms with Crippen LogP contribution in [-0.2, 0) is 5.33 Å². The summed E-state index contributed by atoms with van der Waals surface area (Å²) < 4.78 is 5.13. The SMILES string of the molecule is COc1ccc2n[nH]c(CBr)c2c1. The molecule has 1 aromatic carbocycles. The van der Waals surface area contributed by atoms with Gasteiger partial charge in [0.25, 0.3) is 0 Å². The number of rotatable bonds is 2. The highest BCUT2D eigenvalue weighted by atomic mass is 79.9. The van der Waals surface area contributed by atoms with Crippen molar-refractivity contribution in [3.8, 4) is 5.75 Å². The van der Waals surface area contributed by atoms with Crippen molar-refractivity contribution in [2.24, 2.45) is 0 Å². The van der Waals surface area contributed by atoms with Crippen LogP contribution in [0.2, 0.25) is 0 Å². The van der Waals surface area contributed by atoms with Crippen molar-refractivity contribution in [2.45, 2.75) is 5.33 Å². The lowest BCUT2D eigenvalue weighted by Gasteiger charge is -1.98. The number of methoxy groups -OCH3 is 1. The van der Waals surface area contributed by atoms with E-state index in [0.29, 0.717) is 0 Å². The quantitative estimate of drug-likeness (QED) is 0.820. The minimum atomic E-state index is 0.774. The normalized spacial score (nSPS) is 10.6. The summed E-state index contributed by atoms with van der Waals surface area (Å²) in [5.74, 6) is 0.858. The number of aromatic amines is 1. The standard InChI is InChI=1S/C9H9BrN2O/c1-13-6-2-3-8-7(4-6)9(5-10)12-11-8/h2-4H,5H2,1H3,(H,11,12). The minimum Gasteiger partial charge on any atom is -0.497 e. The van der Waals surface area contributed by atoms with E-state index in [9.17, 15) is 0 Å². The van der Waals surface area contributed by atoms with Crippen LogP contribution in [0.1, 0.15) is 5.69 Å². The number of nitrogens with one attached hydrogen (secondary N) is 1. The molecule has 4 heteroatoms. The number of H-pyrrole nitrogens is 1. The Bertz CT molecular complexity index is 424. The summed E-state index contributed by atoms with van der Waals surface area (Å²) in [6.45, 7) is 0. The third kappa shape index (κ3) is 1.42. The van der Waals surface area contributed by atoms with Gasteiger partial charge in [-0.2, -0.15) is 5.10 Å². The van der Waals surface area contributed by atoms with Gasteiger partial charge in [-0.05, 0) is 18.2 Å².